The molecule has 4 rings (SSSR count). The minimum absolute atomic E-state index is 0.149. The molecule has 30 heavy (non-hydrogen) atoms. The molecule has 0 aliphatic carbocycles. The molecular formula is C23H22BrN5O. The third-order valence-corrected chi connectivity index (χ3v) is 5.34. The van der Waals surface area contributed by atoms with Gasteiger partial charge in [0.1, 0.15) is 0 Å². The van der Waals surface area contributed by atoms with Crippen LogP contribution in [0.5, 0.6) is 0 Å². The first kappa shape index (κ1) is 20.1. The molecule has 0 bridgehead atoms. The number of nitrogens with one attached hydrogen (secondary N) is 1. The molecule has 0 radical (unpaired) electrons. The second-order valence-electron chi connectivity index (χ2n) is 7.20. The molecule has 0 saturated heterocycles. The fraction of sp³-hybridized carbons (Fsp3) is 0.174. The van der Waals surface area contributed by atoms with Crippen molar-refractivity contribution in [1.82, 2.24) is 19.6 Å². The largest absolute Gasteiger partial charge is 0.319 e. The minimum Gasteiger partial charge on any atom is -0.319 e. The number of carbonyl (C=O) groups excluding carboxylic acids is 1. The Morgan fingerprint density at radius 1 is 1.03 bits per heavy atom. The Labute approximate surface area is 183 Å². The molecule has 0 aliphatic heterocycles. The molecule has 0 saturated carbocycles. The van der Waals surface area contributed by atoms with E-state index in [1.54, 1.807) is 6.20 Å². The van der Waals surface area contributed by atoms with Gasteiger partial charge in [-0.2, -0.15) is 10.2 Å². The molecule has 0 fully saturated rings. The van der Waals surface area contributed by atoms with E-state index >= 15 is 0 Å². The molecule has 1 amide bonds. The first-order chi connectivity index (χ1) is 14.5. The Kier molecular flexibility index (Phi) is 5.81. The van der Waals surface area contributed by atoms with Gasteiger partial charge in [0.15, 0.2) is 0 Å². The van der Waals surface area contributed by atoms with Crippen molar-refractivity contribution in [1.29, 1.82) is 0 Å². The van der Waals surface area contributed by atoms with Crippen LogP contribution >= 0.6 is 15.9 Å². The molecule has 1 N–H and O–H groups in total. The number of aryl methyl sites for hydroxylation is 1. The molecular weight excluding hydrogens is 442 g/mol. The van der Waals surface area contributed by atoms with Crippen molar-refractivity contribution in [2.45, 2.75) is 26.9 Å². The molecule has 0 aliphatic rings. The van der Waals surface area contributed by atoms with Gasteiger partial charge in [0.05, 0.1) is 40.8 Å². The lowest BCUT2D eigenvalue weighted by molar-refractivity contribution is 0.102. The quantitative estimate of drug-likeness (QED) is 0.446. The van der Waals surface area contributed by atoms with Gasteiger partial charge in [-0.3, -0.25) is 14.2 Å². The molecule has 152 valence electrons. The highest BCUT2D eigenvalue weighted by molar-refractivity contribution is 9.10. The Bertz CT molecular complexity index is 1180. The monoisotopic (exact) mass is 463 g/mol. The number of hydrogen-bond acceptors (Lipinski definition) is 3. The number of anilines is 1. The van der Waals surface area contributed by atoms with Crippen molar-refractivity contribution in [3.05, 3.63) is 99.5 Å². The Morgan fingerprint density at radius 2 is 1.80 bits per heavy atom. The van der Waals surface area contributed by atoms with E-state index in [1.807, 2.05) is 71.9 Å². The SMILES string of the molecule is Cc1nn(Cc2ccccc2)c(C)c1NC(=O)c1cccc(Cn2cc(Br)cn2)c1. The van der Waals surface area contributed by atoms with Gasteiger partial charge in [-0.25, -0.2) is 0 Å². The number of amides is 1. The van der Waals surface area contributed by atoms with E-state index in [1.165, 1.54) is 5.56 Å². The Balaban J connectivity index is 1.50. The number of hydrogen-bond donors (Lipinski definition) is 1. The van der Waals surface area contributed by atoms with Crippen LogP contribution in [0.25, 0.3) is 0 Å². The van der Waals surface area contributed by atoms with E-state index in [2.05, 4.69) is 43.6 Å². The maximum absolute atomic E-state index is 12.9. The van der Waals surface area contributed by atoms with E-state index in [0.717, 1.165) is 27.1 Å². The van der Waals surface area contributed by atoms with Crippen LogP contribution in [-0.4, -0.2) is 25.5 Å². The number of aromatic nitrogens is 4. The second kappa shape index (κ2) is 8.67. The summed E-state index contributed by atoms with van der Waals surface area (Å²) in [5.74, 6) is -0.149. The predicted molar refractivity (Wildman–Crippen MR) is 121 cm³/mol. The van der Waals surface area contributed by atoms with Crippen LogP contribution < -0.4 is 5.32 Å². The first-order valence-corrected chi connectivity index (χ1v) is 10.4. The normalized spacial score (nSPS) is 10.9. The fourth-order valence-electron chi connectivity index (χ4n) is 3.40. The van der Waals surface area contributed by atoms with Gasteiger partial charge in [-0.1, -0.05) is 42.5 Å². The zero-order valence-corrected chi connectivity index (χ0v) is 18.4. The van der Waals surface area contributed by atoms with Crippen LogP contribution in [0.3, 0.4) is 0 Å². The zero-order valence-electron chi connectivity index (χ0n) is 16.8. The Hall–Kier alpha value is -3.19. The fourth-order valence-corrected chi connectivity index (χ4v) is 3.72. The second-order valence-corrected chi connectivity index (χ2v) is 8.12. The van der Waals surface area contributed by atoms with Crippen molar-refractivity contribution in [3.63, 3.8) is 0 Å². The average Bonchev–Trinajstić information content (AvgIpc) is 3.26. The zero-order chi connectivity index (χ0) is 21.1. The first-order valence-electron chi connectivity index (χ1n) is 9.66. The van der Waals surface area contributed by atoms with E-state index in [4.69, 9.17) is 0 Å². The number of carbonyl (C=O) groups is 1. The van der Waals surface area contributed by atoms with Crippen molar-refractivity contribution < 1.29 is 4.79 Å². The highest BCUT2D eigenvalue weighted by Crippen LogP contribution is 2.22. The summed E-state index contributed by atoms with van der Waals surface area (Å²) in [7, 11) is 0. The third kappa shape index (κ3) is 4.52. The van der Waals surface area contributed by atoms with Crippen molar-refractivity contribution in [2.75, 3.05) is 5.32 Å². The van der Waals surface area contributed by atoms with Crippen LogP contribution in [0.4, 0.5) is 5.69 Å². The van der Waals surface area contributed by atoms with Crippen LogP contribution in [-0.2, 0) is 13.1 Å². The van der Waals surface area contributed by atoms with Crippen LogP contribution in [0, 0.1) is 13.8 Å². The van der Waals surface area contributed by atoms with Crippen molar-refractivity contribution >= 4 is 27.5 Å². The molecule has 2 aromatic heterocycles. The van der Waals surface area contributed by atoms with Crippen molar-refractivity contribution in [2.24, 2.45) is 0 Å². The summed E-state index contributed by atoms with van der Waals surface area (Å²) in [6.07, 6.45) is 3.65. The molecule has 0 atom stereocenters. The highest BCUT2D eigenvalue weighted by atomic mass is 79.9. The van der Waals surface area contributed by atoms with Crippen LogP contribution in [0.2, 0.25) is 0 Å². The van der Waals surface area contributed by atoms with Crippen LogP contribution in [0.1, 0.15) is 32.9 Å². The minimum atomic E-state index is -0.149. The molecule has 7 heteroatoms. The van der Waals surface area contributed by atoms with Gasteiger partial charge < -0.3 is 5.32 Å². The number of halogens is 1. The van der Waals surface area contributed by atoms with E-state index < -0.39 is 0 Å². The summed E-state index contributed by atoms with van der Waals surface area (Å²) in [6.45, 7) is 5.15. The summed E-state index contributed by atoms with van der Waals surface area (Å²) in [4.78, 5) is 12.9. The standard InChI is InChI=1S/C23H22BrN5O/c1-16-22(17(2)29(27-16)14-18-7-4-3-5-8-18)26-23(30)20-10-6-9-19(11-20)13-28-15-21(24)12-25-28/h3-12,15H,13-14H2,1-2H3,(H,26,30). The molecule has 2 heterocycles. The molecule has 2 aromatic carbocycles. The lowest BCUT2D eigenvalue weighted by Gasteiger charge is -2.09. The van der Waals surface area contributed by atoms with Gasteiger partial charge in [0.2, 0.25) is 0 Å². The Morgan fingerprint density at radius 3 is 2.53 bits per heavy atom. The number of nitrogens with zero attached hydrogens (tertiary/aromatic N) is 4. The maximum atomic E-state index is 12.9. The molecule has 0 spiro atoms. The lowest BCUT2D eigenvalue weighted by atomic mass is 10.1. The summed E-state index contributed by atoms with van der Waals surface area (Å²) >= 11 is 3.40. The van der Waals surface area contributed by atoms with Gasteiger partial charge >= 0.3 is 0 Å². The topological polar surface area (TPSA) is 64.7 Å². The molecule has 6 nitrogen and oxygen atoms in total. The van der Waals surface area contributed by atoms with Gasteiger partial charge in [-0.05, 0) is 53.0 Å². The van der Waals surface area contributed by atoms with Gasteiger partial charge in [0, 0.05) is 11.8 Å². The summed E-state index contributed by atoms with van der Waals surface area (Å²) in [6, 6.07) is 17.7. The van der Waals surface area contributed by atoms with E-state index in [-0.39, 0.29) is 5.91 Å². The predicted octanol–water partition coefficient (Wildman–Crippen LogP) is 4.81. The number of rotatable bonds is 6. The van der Waals surface area contributed by atoms with Crippen LogP contribution in [0.15, 0.2) is 71.5 Å². The smallest absolute Gasteiger partial charge is 0.255 e. The summed E-state index contributed by atoms with van der Waals surface area (Å²) in [5.41, 5.74) is 5.27. The van der Waals surface area contributed by atoms with Gasteiger partial charge in [-0.15, -0.1) is 0 Å². The summed E-state index contributed by atoms with van der Waals surface area (Å²) < 4.78 is 4.67. The number of benzene rings is 2. The maximum Gasteiger partial charge on any atom is 0.255 e. The average molecular weight is 464 g/mol. The highest BCUT2D eigenvalue weighted by Gasteiger charge is 2.16. The summed E-state index contributed by atoms with van der Waals surface area (Å²) in [5, 5.41) is 11.9. The lowest BCUT2D eigenvalue weighted by Crippen LogP contribution is -2.14. The van der Waals surface area contributed by atoms with E-state index in [0.29, 0.717) is 18.7 Å². The molecule has 4 aromatic rings. The van der Waals surface area contributed by atoms with Gasteiger partial charge in [0.25, 0.3) is 5.91 Å². The van der Waals surface area contributed by atoms with Crippen molar-refractivity contribution in [3.8, 4) is 0 Å². The third-order valence-electron chi connectivity index (χ3n) is 4.93. The van der Waals surface area contributed by atoms with E-state index in [9.17, 15) is 4.79 Å². The molecule has 0 unspecified atom stereocenters.